The zero-order valence-corrected chi connectivity index (χ0v) is 11.0. The molecule has 0 N–H and O–H groups in total. The molecule has 3 heteroatoms. The molecule has 1 aromatic rings. The van der Waals surface area contributed by atoms with Crippen molar-refractivity contribution in [1.82, 2.24) is 9.88 Å². The number of hydrogen-bond donors (Lipinski definition) is 0. The average molecular weight is 241 g/mol. The highest BCUT2D eigenvalue weighted by atomic mass is 35.5. The fraction of sp³-hybridized carbons (Fsp3) is 0.615. The predicted octanol–water partition coefficient (Wildman–Crippen LogP) is 3.17. The Labute approximate surface area is 104 Å². The molecule has 16 heavy (non-hydrogen) atoms. The number of halogens is 1. The maximum atomic E-state index is 5.72. The van der Waals surface area contributed by atoms with Gasteiger partial charge in [0.1, 0.15) is 0 Å². The van der Waals surface area contributed by atoms with Gasteiger partial charge < -0.3 is 4.90 Å². The molecule has 0 radical (unpaired) electrons. The van der Waals surface area contributed by atoms with E-state index in [0.717, 1.165) is 31.1 Å². The molecule has 1 atom stereocenters. The molecule has 90 valence electrons. The average Bonchev–Trinajstić information content (AvgIpc) is 2.28. The summed E-state index contributed by atoms with van der Waals surface area (Å²) in [6.07, 6.45) is 4.16. The Hall–Kier alpha value is -0.600. The van der Waals surface area contributed by atoms with Crippen LogP contribution in [0.15, 0.2) is 24.4 Å². The first-order valence-corrected chi connectivity index (χ1v) is 6.40. The van der Waals surface area contributed by atoms with Crippen molar-refractivity contribution in [3.63, 3.8) is 0 Å². The number of aromatic nitrogens is 1. The van der Waals surface area contributed by atoms with Gasteiger partial charge in [-0.05, 0) is 44.5 Å². The number of pyridine rings is 1. The smallest absolute Gasteiger partial charge is 0.0543 e. The van der Waals surface area contributed by atoms with E-state index in [0.29, 0.717) is 5.92 Å². The lowest BCUT2D eigenvalue weighted by atomic mass is 10.1. The Morgan fingerprint density at radius 1 is 1.38 bits per heavy atom. The standard InChI is InChI=1S/C13H21ClN2/c1-12(6-8-14)7-10-16(2)11-13-5-3-4-9-15-13/h3-5,9,12H,6-8,10-11H2,1-2H3. The first-order chi connectivity index (χ1) is 7.72. The summed E-state index contributed by atoms with van der Waals surface area (Å²) >= 11 is 5.72. The van der Waals surface area contributed by atoms with Crippen LogP contribution in [0, 0.1) is 5.92 Å². The van der Waals surface area contributed by atoms with E-state index >= 15 is 0 Å². The molecule has 0 bridgehead atoms. The summed E-state index contributed by atoms with van der Waals surface area (Å²) in [5, 5.41) is 0. The van der Waals surface area contributed by atoms with Gasteiger partial charge in [0.05, 0.1) is 5.69 Å². The molecule has 0 aliphatic carbocycles. The van der Waals surface area contributed by atoms with Gasteiger partial charge >= 0.3 is 0 Å². The lowest BCUT2D eigenvalue weighted by Crippen LogP contribution is -2.21. The summed E-state index contributed by atoms with van der Waals surface area (Å²) < 4.78 is 0. The van der Waals surface area contributed by atoms with Crippen LogP contribution < -0.4 is 0 Å². The fourth-order valence-electron chi connectivity index (χ4n) is 1.62. The molecule has 0 saturated carbocycles. The second-order valence-corrected chi connectivity index (χ2v) is 4.81. The number of rotatable bonds is 7. The van der Waals surface area contributed by atoms with Crippen molar-refractivity contribution in [3.05, 3.63) is 30.1 Å². The summed E-state index contributed by atoms with van der Waals surface area (Å²) in [5.41, 5.74) is 1.13. The quantitative estimate of drug-likeness (QED) is 0.681. The Morgan fingerprint density at radius 3 is 2.81 bits per heavy atom. The van der Waals surface area contributed by atoms with Crippen LogP contribution >= 0.6 is 11.6 Å². The minimum absolute atomic E-state index is 0.712. The van der Waals surface area contributed by atoms with Gasteiger partial charge in [0.15, 0.2) is 0 Å². The van der Waals surface area contributed by atoms with Crippen molar-refractivity contribution in [1.29, 1.82) is 0 Å². The Bertz CT molecular complexity index is 277. The molecule has 2 nitrogen and oxygen atoms in total. The van der Waals surface area contributed by atoms with Gasteiger partial charge in [-0.15, -0.1) is 11.6 Å². The molecule has 0 spiro atoms. The molecule has 0 saturated heterocycles. The zero-order chi connectivity index (χ0) is 11.8. The third-order valence-corrected chi connectivity index (χ3v) is 2.98. The van der Waals surface area contributed by atoms with E-state index in [1.165, 1.54) is 6.42 Å². The predicted molar refractivity (Wildman–Crippen MR) is 69.7 cm³/mol. The van der Waals surface area contributed by atoms with Crippen LogP contribution in [-0.4, -0.2) is 29.4 Å². The number of hydrogen-bond acceptors (Lipinski definition) is 2. The van der Waals surface area contributed by atoms with Gasteiger partial charge in [-0.2, -0.15) is 0 Å². The third-order valence-electron chi connectivity index (χ3n) is 2.76. The highest BCUT2D eigenvalue weighted by Crippen LogP contribution is 2.09. The van der Waals surface area contributed by atoms with E-state index in [1.807, 2.05) is 18.3 Å². The van der Waals surface area contributed by atoms with Gasteiger partial charge in [0.2, 0.25) is 0 Å². The van der Waals surface area contributed by atoms with Crippen molar-refractivity contribution in [3.8, 4) is 0 Å². The highest BCUT2D eigenvalue weighted by Gasteiger charge is 2.05. The maximum Gasteiger partial charge on any atom is 0.0543 e. The van der Waals surface area contributed by atoms with Crippen molar-refractivity contribution < 1.29 is 0 Å². The Balaban J connectivity index is 2.23. The fourth-order valence-corrected chi connectivity index (χ4v) is 1.99. The van der Waals surface area contributed by atoms with Crippen LogP contribution in [-0.2, 0) is 6.54 Å². The minimum atomic E-state index is 0.712. The first kappa shape index (κ1) is 13.5. The second-order valence-electron chi connectivity index (χ2n) is 4.43. The van der Waals surface area contributed by atoms with Crippen LogP contribution in [0.5, 0.6) is 0 Å². The number of nitrogens with zero attached hydrogens (tertiary/aromatic N) is 2. The molecule has 1 aromatic heterocycles. The molecule has 1 rings (SSSR count). The van der Waals surface area contributed by atoms with E-state index < -0.39 is 0 Å². The van der Waals surface area contributed by atoms with Crippen molar-refractivity contribution >= 4 is 11.6 Å². The third kappa shape index (κ3) is 5.47. The van der Waals surface area contributed by atoms with Crippen LogP contribution in [0.1, 0.15) is 25.5 Å². The van der Waals surface area contributed by atoms with E-state index in [1.54, 1.807) is 0 Å². The van der Waals surface area contributed by atoms with E-state index in [2.05, 4.69) is 29.9 Å². The number of alkyl halides is 1. The molecule has 0 aliphatic heterocycles. The molecule has 0 fully saturated rings. The first-order valence-electron chi connectivity index (χ1n) is 5.86. The SMILES string of the molecule is CC(CCCl)CCN(C)Cc1ccccn1. The molecular formula is C13H21ClN2. The monoisotopic (exact) mass is 240 g/mol. The zero-order valence-electron chi connectivity index (χ0n) is 10.2. The Morgan fingerprint density at radius 2 is 2.19 bits per heavy atom. The van der Waals surface area contributed by atoms with Crippen LogP contribution in [0.2, 0.25) is 0 Å². The van der Waals surface area contributed by atoms with Crippen LogP contribution in [0.25, 0.3) is 0 Å². The van der Waals surface area contributed by atoms with E-state index in [9.17, 15) is 0 Å². The molecule has 1 unspecified atom stereocenters. The molecule has 0 aromatic carbocycles. The molecule has 0 aliphatic rings. The van der Waals surface area contributed by atoms with Crippen LogP contribution in [0.4, 0.5) is 0 Å². The van der Waals surface area contributed by atoms with E-state index in [-0.39, 0.29) is 0 Å². The van der Waals surface area contributed by atoms with Gasteiger partial charge in [0.25, 0.3) is 0 Å². The normalized spacial score (nSPS) is 13.0. The maximum absolute atomic E-state index is 5.72. The minimum Gasteiger partial charge on any atom is -0.301 e. The second kappa shape index (κ2) is 7.64. The lowest BCUT2D eigenvalue weighted by molar-refractivity contribution is 0.293. The summed E-state index contributed by atoms with van der Waals surface area (Å²) in [6, 6.07) is 6.05. The van der Waals surface area contributed by atoms with Gasteiger partial charge in [-0.25, -0.2) is 0 Å². The molecule has 1 heterocycles. The van der Waals surface area contributed by atoms with Crippen molar-refractivity contribution in [2.75, 3.05) is 19.5 Å². The molecular weight excluding hydrogens is 220 g/mol. The summed E-state index contributed by atoms with van der Waals surface area (Å²) in [6.45, 7) is 4.29. The summed E-state index contributed by atoms with van der Waals surface area (Å²) in [7, 11) is 2.14. The van der Waals surface area contributed by atoms with Crippen molar-refractivity contribution in [2.45, 2.75) is 26.3 Å². The summed E-state index contributed by atoms with van der Waals surface area (Å²) in [5.74, 6) is 1.48. The van der Waals surface area contributed by atoms with E-state index in [4.69, 9.17) is 11.6 Å². The molecule has 0 amide bonds. The van der Waals surface area contributed by atoms with Crippen LogP contribution in [0.3, 0.4) is 0 Å². The van der Waals surface area contributed by atoms with Crippen molar-refractivity contribution in [2.24, 2.45) is 5.92 Å². The summed E-state index contributed by atoms with van der Waals surface area (Å²) in [4.78, 5) is 6.63. The van der Waals surface area contributed by atoms with Gasteiger partial charge in [-0.3, -0.25) is 4.98 Å². The lowest BCUT2D eigenvalue weighted by Gasteiger charge is -2.18. The van der Waals surface area contributed by atoms with Gasteiger partial charge in [0, 0.05) is 18.6 Å². The van der Waals surface area contributed by atoms with Gasteiger partial charge in [-0.1, -0.05) is 13.0 Å². The topological polar surface area (TPSA) is 16.1 Å². The largest absolute Gasteiger partial charge is 0.301 e. The Kier molecular flexibility index (Phi) is 6.43. The highest BCUT2D eigenvalue weighted by molar-refractivity contribution is 6.17.